The zero-order valence-electron chi connectivity index (χ0n) is 9.39. The molecular weight excluding hydrogens is 239 g/mol. The zero-order valence-corrected chi connectivity index (χ0v) is 10.3. The van der Waals surface area contributed by atoms with E-state index in [1.165, 1.54) is 12.5 Å². The molecule has 0 bridgehead atoms. The van der Waals surface area contributed by atoms with Crippen LogP contribution >= 0.6 is 7.60 Å². The number of hydrogen-bond donors (Lipinski definition) is 3. The predicted molar refractivity (Wildman–Crippen MR) is 63.0 cm³/mol. The van der Waals surface area contributed by atoms with E-state index in [2.05, 4.69) is 10.3 Å². The molecule has 1 spiro atoms. The lowest BCUT2D eigenvalue weighted by Gasteiger charge is -2.45. The van der Waals surface area contributed by atoms with Gasteiger partial charge in [-0.2, -0.15) is 0 Å². The Labute approximate surface area is 99.4 Å². The number of rotatable bonds is 1. The van der Waals surface area contributed by atoms with E-state index >= 15 is 0 Å². The largest absolute Gasteiger partial charge is 0.374 e. The summed E-state index contributed by atoms with van der Waals surface area (Å²) in [6.07, 6.45) is 4.28. The van der Waals surface area contributed by atoms with Crippen LogP contribution in [0, 0.1) is 0 Å². The molecule has 3 N–H and O–H groups in total. The quantitative estimate of drug-likeness (QED) is 0.634. The number of pyridine rings is 1. The molecule has 92 valence electrons. The van der Waals surface area contributed by atoms with Crippen LogP contribution in [-0.4, -0.2) is 20.3 Å². The summed E-state index contributed by atoms with van der Waals surface area (Å²) in [7, 11) is -4.23. The first-order chi connectivity index (χ1) is 7.99. The monoisotopic (exact) mass is 254 g/mol. The highest BCUT2D eigenvalue weighted by Gasteiger charge is 2.40. The van der Waals surface area contributed by atoms with Crippen molar-refractivity contribution in [3.05, 3.63) is 23.4 Å². The number of nitrogens with one attached hydrogen (secondary N) is 1. The van der Waals surface area contributed by atoms with Crippen molar-refractivity contribution in [2.75, 3.05) is 0 Å². The van der Waals surface area contributed by atoms with Crippen LogP contribution < -0.4 is 10.8 Å². The summed E-state index contributed by atoms with van der Waals surface area (Å²) < 4.78 is 11.2. The van der Waals surface area contributed by atoms with Crippen molar-refractivity contribution in [1.29, 1.82) is 0 Å². The second-order valence-electron chi connectivity index (χ2n) is 4.98. The summed E-state index contributed by atoms with van der Waals surface area (Å²) in [5, 5.41) is 3.51. The Kier molecular flexibility index (Phi) is 2.42. The van der Waals surface area contributed by atoms with E-state index in [9.17, 15) is 4.57 Å². The molecule has 1 aliphatic heterocycles. The highest BCUT2D eigenvalue weighted by atomic mass is 31.2. The maximum atomic E-state index is 11.2. The molecule has 0 atom stereocenters. The van der Waals surface area contributed by atoms with Crippen LogP contribution in [0.5, 0.6) is 0 Å². The minimum Gasteiger partial charge on any atom is -0.320 e. The van der Waals surface area contributed by atoms with E-state index < -0.39 is 7.60 Å². The van der Waals surface area contributed by atoms with Crippen LogP contribution in [-0.2, 0) is 17.5 Å². The Morgan fingerprint density at radius 1 is 1.35 bits per heavy atom. The Morgan fingerprint density at radius 3 is 2.71 bits per heavy atom. The highest BCUT2D eigenvalue weighted by molar-refractivity contribution is 7.60. The lowest BCUT2D eigenvalue weighted by atomic mass is 9.71. The molecule has 1 fully saturated rings. The summed E-state index contributed by atoms with van der Waals surface area (Å²) >= 11 is 0. The molecule has 2 heterocycles. The Bertz CT molecular complexity index is 507. The first-order valence-electron chi connectivity index (χ1n) is 5.79. The molecule has 2 aliphatic rings. The summed E-state index contributed by atoms with van der Waals surface area (Å²) in [6.45, 7) is 0.754. The van der Waals surface area contributed by atoms with Gasteiger partial charge in [-0.3, -0.25) is 4.57 Å². The minimum atomic E-state index is -4.23. The van der Waals surface area contributed by atoms with Crippen molar-refractivity contribution in [3.63, 3.8) is 0 Å². The Hall–Kier alpha value is -0.740. The summed E-state index contributed by atoms with van der Waals surface area (Å²) in [4.78, 5) is 22.4. The molecule has 17 heavy (non-hydrogen) atoms. The fourth-order valence-electron chi connectivity index (χ4n) is 2.62. The maximum absolute atomic E-state index is 11.2. The zero-order chi connectivity index (χ0) is 12.1. The number of nitrogens with zero attached hydrogens (tertiary/aromatic N) is 1. The number of fused-ring (bicyclic) bond motifs is 1. The van der Waals surface area contributed by atoms with Gasteiger partial charge in [0.25, 0.3) is 0 Å². The van der Waals surface area contributed by atoms with E-state index in [-0.39, 0.29) is 11.0 Å². The van der Waals surface area contributed by atoms with Crippen molar-refractivity contribution < 1.29 is 14.4 Å². The third-order valence-electron chi connectivity index (χ3n) is 3.82. The van der Waals surface area contributed by atoms with Crippen LogP contribution in [0.25, 0.3) is 0 Å². The van der Waals surface area contributed by atoms with E-state index in [0.29, 0.717) is 0 Å². The fraction of sp³-hybridized carbons (Fsp3) is 0.545. The predicted octanol–water partition coefficient (Wildman–Crippen LogP) is 0.453. The van der Waals surface area contributed by atoms with Crippen LogP contribution in [0.3, 0.4) is 0 Å². The van der Waals surface area contributed by atoms with Crippen molar-refractivity contribution in [2.24, 2.45) is 0 Å². The maximum Gasteiger partial charge on any atom is 0.374 e. The second kappa shape index (κ2) is 3.62. The molecule has 3 rings (SSSR count). The van der Waals surface area contributed by atoms with Gasteiger partial charge in [-0.1, -0.05) is 6.07 Å². The third-order valence-corrected chi connectivity index (χ3v) is 4.67. The van der Waals surface area contributed by atoms with Gasteiger partial charge in [0.2, 0.25) is 0 Å². The van der Waals surface area contributed by atoms with Gasteiger partial charge in [0, 0.05) is 24.2 Å². The van der Waals surface area contributed by atoms with Crippen molar-refractivity contribution in [1.82, 2.24) is 10.3 Å². The van der Waals surface area contributed by atoms with Crippen molar-refractivity contribution in [2.45, 2.75) is 37.8 Å². The van der Waals surface area contributed by atoms with Gasteiger partial charge in [-0.05, 0) is 30.9 Å². The summed E-state index contributed by atoms with van der Waals surface area (Å²) in [6, 6.07) is 3.20. The number of aromatic nitrogens is 1. The molecule has 0 saturated heterocycles. The Morgan fingerprint density at radius 2 is 2.12 bits per heavy atom. The average molecular weight is 254 g/mol. The molecule has 6 heteroatoms. The van der Waals surface area contributed by atoms with E-state index in [1.54, 1.807) is 6.07 Å². The van der Waals surface area contributed by atoms with Crippen LogP contribution in [0.2, 0.25) is 0 Å². The highest BCUT2D eigenvalue weighted by Crippen LogP contribution is 2.39. The third kappa shape index (κ3) is 1.93. The molecule has 1 saturated carbocycles. The van der Waals surface area contributed by atoms with E-state index in [1.807, 2.05) is 0 Å². The standard InChI is InChI=1S/C11H15N2O3P/c14-17(15,16)10-3-2-8-7-12-11(4-1-5-11)6-9(8)13-10/h2-3,12H,1,4-7H2,(H2,14,15,16). The second-order valence-corrected chi connectivity index (χ2v) is 6.53. The summed E-state index contributed by atoms with van der Waals surface area (Å²) in [5.74, 6) is 0. The molecule has 0 radical (unpaired) electrons. The molecule has 1 aromatic heterocycles. The smallest absolute Gasteiger partial charge is 0.320 e. The van der Waals surface area contributed by atoms with Gasteiger partial charge in [0.15, 0.2) is 5.44 Å². The van der Waals surface area contributed by atoms with Gasteiger partial charge >= 0.3 is 7.60 Å². The van der Waals surface area contributed by atoms with Gasteiger partial charge < -0.3 is 15.1 Å². The fourth-order valence-corrected chi connectivity index (χ4v) is 3.14. The number of hydrogen-bond acceptors (Lipinski definition) is 3. The van der Waals surface area contributed by atoms with Gasteiger partial charge in [-0.15, -0.1) is 0 Å². The molecule has 1 aromatic rings. The lowest BCUT2D eigenvalue weighted by molar-refractivity contribution is 0.168. The SMILES string of the molecule is O=P(O)(O)c1ccc2c(n1)CC1(CCC1)NC2. The molecule has 0 amide bonds. The normalized spacial score (nSPS) is 22.0. The van der Waals surface area contributed by atoms with Gasteiger partial charge in [0.05, 0.1) is 0 Å². The van der Waals surface area contributed by atoms with E-state index in [4.69, 9.17) is 9.79 Å². The molecule has 0 aromatic carbocycles. The van der Waals surface area contributed by atoms with Crippen LogP contribution in [0.15, 0.2) is 12.1 Å². The summed E-state index contributed by atoms with van der Waals surface area (Å²) in [5.41, 5.74) is 1.95. The molecule has 1 aliphatic carbocycles. The van der Waals surface area contributed by atoms with Crippen LogP contribution in [0.1, 0.15) is 30.5 Å². The molecule has 0 unspecified atom stereocenters. The minimum absolute atomic E-state index is 0.104. The molecular formula is C11H15N2O3P. The van der Waals surface area contributed by atoms with E-state index in [0.717, 1.165) is 37.1 Å². The first kappa shape index (κ1) is 11.4. The Balaban J connectivity index is 1.97. The molecule has 5 nitrogen and oxygen atoms in total. The van der Waals surface area contributed by atoms with Crippen LogP contribution in [0.4, 0.5) is 0 Å². The first-order valence-corrected chi connectivity index (χ1v) is 7.40. The van der Waals surface area contributed by atoms with Gasteiger partial charge in [0.1, 0.15) is 0 Å². The van der Waals surface area contributed by atoms with Gasteiger partial charge in [-0.25, -0.2) is 4.98 Å². The topological polar surface area (TPSA) is 82.5 Å². The van der Waals surface area contributed by atoms with Crippen molar-refractivity contribution >= 4 is 13.0 Å². The lowest BCUT2D eigenvalue weighted by Crippen LogP contribution is -2.55. The average Bonchev–Trinajstić information content (AvgIpc) is 2.24. The van der Waals surface area contributed by atoms with Crippen molar-refractivity contribution in [3.8, 4) is 0 Å².